The van der Waals surface area contributed by atoms with E-state index in [4.69, 9.17) is 25.6 Å². The number of para-hydroxylation sites is 1. The predicted octanol–water partition coefficient (Wildman–Crippen LogP) is 4.15. The molecule has 0 bridgehead atoms. The lowest BCUT2D eigenvalue weighted by Gasteiger charge is -2.06. The van der Waals surface area contributed by atoms with Gasteiger partial charge in [0, 0.05) is 5.02 Å². The fraction of sp³-hybridized carbons (Fsp3) is 0.167. The number of esters is 1. The van der Waals surface area contributed by atoms with Gasteiger partial charge in [0.1, 0.15) is 5.75 Å². The summed E-state index contributed by atoms with van der Waals surface area (Å²) in [6, 6.07) is 13.9. The van der Waals surface area contributed by atoms with E-state index in [0.29, 0.717) is 34.3 Å². The van der Waals surface area contributed by atoms with Crippen molar-refractivity contribution in [2.75, 3.05) is 6.61 Å². The monoisotopic (exact) mass is 358 g/mol. The van der Waals surface area contributed by atoms with Crippen LogP contribution in [0, 0.1) is 0 Å². The van der Waals surface area contributed by atoms with Crippen molar-refractivity contribution in [2.45, 2.75) is 13.5 Å². The molecule has 0 aliphatic carbocycles. The van der Waals surface area contributed by atoms with Gasteiger partial charge in [-0.15, -0.1) is 0 Å². The molecule has 7 heteroatoms. The summed E-state index contributed by atoms with van der Waals surface area (Å²) in [5.41, 5.74) is 1.06. The molecule has 0 N–H and O–H groups in total. The maximum absolute atomic E-state index is 12.0. The average Bonchev–Trinajstić information content (AvgIpc) is 3.09. The Morgan fingerprint density at radius 1 is 1.20 bits per heavy atom. The number of rotatable bonds is 6. The molecule has 0 aliphatic rings. The Bertz CT molecular complexity index is 879. The average molecular weight is 359 g/mol. The van der Waals surface area contributed by atoms with E-state index in [9.17, 15) is 4.79 Å². The molecule has 3 rings (SSSR count). The summed E-state index contributed by atoms with van der Waals surface area (Å²) >= 11 is 5.86. The molecule has 0 fully saturated rings. The normalized spacial score (nSPS) is 10.5. The van der Waals surface area contributed by atoms with Gasteiger partial charge in [0.2, 0.25) is 5.82 Å². The summed E-state index contributed by atoms with van der Waals surface area (Å²) in [4.78, 5) is 16.2. The number of benzene rings is 2. The van der Waals surface area contributed by atoms with Crippen LogP contribution >= 0.6 is 11.6 Å². The topological polar surface area (TPSA) is 74.5 Å². The maximum atomic E-state index is 12.0. The van der Waals surface area contributed by atoms with Crippen molar-refractivity contribution in [1.82, 2.24) is 10.1 Å². The number of carbonyl (C=O) groups excluding carboxylic acids is 1. The Morgan fingerprint density at radius 2 is 2.04 bits per heavy atom. The first-order valence-corrected chi connectivity index (χ1v) is 8.02. The third-order valence-electron chi connectivity index (χ3n) is 3.28. The lowest BCUT2D eigenvalue weighted by atomic mass is 10.2. The molecule has 0 radical (unpaired) electrons. The fourth-order valence-electron chi connectivity index (χ4n) is 2.18. The number of hydrogen-bond acceptors (Lipinski definition) is 6. The SMILES string of the molecule is CCOc1ccccc1-c1noc(COC(=O)c2cccc(Cl)c2)n1. The van der Waals surface area contributed by atoms with Gasteiger partial charge in [0.25, 0.3) is 5.89 Å². The number of nitrogens with zero attached hydrogens (tertiary/aromatic N) is 2. The summed E-state index contributed by atoms with van der Waals surface area (Å²) in [6.45, 7) is 2.29. The minimum Gasteiger partial charge on any atom is -0.493 e. The molecule has 25 heavy (non-hydrogen) atoms. The molecule has 0 atom stereocenters. The Labute approximate surface area is 149 Å². The zero-order valence-corrected chi connectivity index (χ0v) is 14.2. The standard InChI is InChI=1S/C18H15ClN2O4/c1-2-23-15-9-4-3-8-14(15)17-20-16(25-21-17)11-24-18(22)12-6-5-7-13(19)10-12/h3-10H,2,11H2,1H3. The Balaban J connectivity index is 1.69. The van der Waals surface area contributed by atoms with Crippen molar-refractivity contribution in [3.8, 4) is 17.1 Å². The lowest BCUT2D eigenvalue weighted by molar-refractivity contribution is 0.0430. The first-order valence-electron chi connectivity index (χ1n) is 7.65. The molecular weight excluding hydrogens is 344 g/mol. The zero-order valence-electron chi connectivity index (χ0n) is 13.4. The smallest absolute Gasteiger partial charge is 0.338 e. The van der Waals surface area contributed by atoms with Gasteiger partial charge in [-0.3, -0.25) is 0 Å². The van der Waals surface area contributed by atoms with Crippen LogP contribution < -0.4 is 4.74 Å². The molecule has 3 aromatic rings. The molecule has 0 saturated heterocycles. The molecule has 0 saturated carbocycles. The van der Waals surface area contributed by atoms with E-state index in [0.717, 1.165) is 0 Å². The second-order valence-electron chi connectivity index (χ2n) is 5.03. The Kier molecular flexibility index (Phi) is 5.30. The highest BCUT2D eigenvalue weighted by Crippen LogP contribution is 2.27. The number of aromatic nitrogens is 2. The molecule has 1 aromatic heterocycles. The van der Waals surface area contributed by atoms with Crippen molar-refractivity contribution in [2.24, 2.45) is 0 Å². The molecular formula is C18H15ClN2O4. The van der Waals surface area contributed by atoms with E-state index in [1.165, 1.54) is 6.07 Å². The van der Waals surface area contributed by atoms with E-state index in [1.54, 1.807) is 18.2 Å². The van der Waals surface area contributed by atoms with Crippen molar-refractivity contribution in [3.05, 3.63) is 65.0 Å². The van der Waals surface area contributed by atoms with E-state index in [-0.39, 0.29) is 12.5 Å². The van der Waals surface area contributed by atoms with Crippen LogP contribution in [-0.2, 0) is 11.3 Å². The van der Waals surface area contributed by atoms with Crippen LogP contribution in [0.2, 0.25) is 5.02 Å². The van der Waals surface area contributed by atoms with Crippen LogP contribution in [0.25, 0.3) is 11.4 Å². The molecule has 0 unspecified atom stereocenters. The highest BCUT2D eigenvalue weighted by Gasteiger charge is 2.15. The second-order valence-corrected chi connectivity index (χ2v) is 5.46. The van der Waals surface area contributed by atoms with Crippen LogP contribution in [0.1, 0.15) is 23.2 Å². The third-order valence-corrected chi connectivity index (χ3v) is 3.52. The van der Waals surface area contributed by atoms with Gasteiger partial charge in [0.05, 0.1) is 17.7 Å². The quantitative estimate of drug-likeness (QED) is 0.616. The number of ether oxygens (including phenoxy) is 2. The van der Waals surface area contributed by atoms with Gasteiger partial charge < -0.3 is 14.0 Å². The fourth-order valence-corrected chi connectivity index (χ4v) is 2.37. The molecule has 128 valence electrons. The van der Waals surface area contributed by atoms with Gasteiger partial charge in [-0.1, -0.05) is 35.0 Å². The largest absolute Gasteiger partial charge is 0.493 e. The highest BCUT2D eigenvalue weighted by atomic mass is 35.5. The van der Waals surface area contributed by atoms with Crippen LogP contribution in [-0.4, -0.2) is 22.7 Å². The van der Waals surface area contributed by atoms with Crippen molar-refractivity contribution in [3.63, 3.8) is 0 Å². The summed E-state index contributed by atoms with van der Waals surface area (Å²) in [6.07, 6.45) is 0. The first-order chi connectivity index (χ1) is 12.2. The number of hydrogen-bond donors (Lipinski definition) is 0. The molecule has 0 aliphatic heterocycles. The highest BCUT2D eigenvalue weighted by molar-refractivity contribution is 6.30. The molecule has 0 spiro atoms. The van der Waals surface area contributed by atoms with Crippen LogP contribution in [0.4, 0.5) is 0 Å². The summed E-state index contributed by atoms with van der Waals surface area (Å²) in [5.74, 6) is 0.708. The van der Waals surface area contributed by atoms with Crippen LogP contribution in [0.15, 0.2) is 53.1 Å². The molecule has 6 nitrogen and oxygen atoms in total. The van der Waals surface area contributed by atoms with Gasteiger partial charge >= 0.3 is 5.97 Å². The summed E-state index contributed by atoms with van der Waals surface area (Å²) < 4.78 is 15.9. The molecule has 1 heterocycles. The maximum Gasteiger partial charge on any atom is 0.338 e. The van der Waals surface area contributed by atoms with Gasteiger partial charge in [-0.25, -0.2) is 4.79 Å². The third kappa shape index (κ3) is 4.16. The number of halogens is 1. The van der Waals surface area contributed by atoms with Crippen molar-refractivity contribution < 1.29 is 18.8 Å². The van der Waals surface area contributed by atoms with Crippen molar-refractivity contribution in [1.29, 1.82) is 0 Å². The number of carbonyl (C=O) groups is 1. The first kappa shape index (κ1) is 17.0. The van der Waals surface area contributed by atoms with Gasteiger partial charge in [-0.05, 0) is 37.3 Å². The van der Waals surface area contributed by atoms with Gasteiger partial charge in [-0.2, -0.15) is 4.98 Å². The van der Waals surface area contributed by atoms with E-state index < -0.39 is 5.97 Å². The van der Waals surface area contributed by atoms with E-state index in [2.05, 4.69) is 10.1 Å². The molecule has 0 amide bonds. The minimum atomic E-state index is -0.517. The van der Waals surface area contributed by atoms with Crippen molar-refractivity contribution >= 4 is 17.6 Å². The van der Waals surface area contributed by atoms with E-state index in [1.807, 2.05) is 31.2 Å². The van der Waals surface area contributed by atoms with Crippen LogP contribution in [0.3, 0.4) is 0 Å². The molecule has 2 aromatic carbocycles. The van der Waals surface area contributed by atoms with Crippen LogP contribution in [0.5, 0.6) is 5.75 Å². The zero-order chi connectivity index (χ0) is 17.6. The minimum absolute atomic E-state index is 0.130. The van der Waals surface area contributed by atoms with Gasteiger partial charge in [0.15, 0.2) is 6.61 Å². The Morgan fingerprint density at radius 3 is 2.84 bits per heavy atom. The van der Waals surface area contributed by atoms with E-state index >= 15 is 0 Å². The summed E-state index contributed by atoms with van der Waals surface area (Å²) in [7, 11) is 0. The lowest BCUT2D eigenvalue weighted by Crippen LogP contribution is -2.05. The Hall–Kier alpha value is -2.86. The predicted molar refractivity (Wildman–Crippen MR) is 91.5 cm³/mol. The summed E-state index contributed by atoms with van der Waals surface area (Å²) in [5, 5.41) is 4.38. The second kappa shape index (κ2) is 7.81.